The molecule has 0 fully saturated rings. The minimum atomic E-state index is 0.616. The summed E-state index contributed by atoms with van der Waals surface area (Å²) in [4.78, 5) is 4.47. The number of nitrogens with zero attached hydrogens (tertiary/aromatic N) is 1. The molecule has 2 aromatic rings. The van der Waals surface area contributed by atoms with E-state index in [-0.39, 0.29) is 0 Å². The first-order chi connectivity index (χ1) is 8.69. The van der Waals surface area contributed by atoms with Gasteiger partial charge in [-0.15, -0.1) is 0 Å². The highest BCUT2D eigenvalue weighted by molar-refractivity contribution is 5.60. The van der Waals surface area contributed by atoms with Crippen LogP contribution in [-0.2, 0) is 6.42 Å². The summed E-state index contributed by atoms with van der Waals surface area (Å²) in [6, 6.07) is 5.62. The van der Waals surface area contributed by atoms with Gasteiger partial charge in [-0.05, 0) is 31.5 Å². The Bertz CT molecular complexity index is 546. The zero-order chi connectivity index (χ0) is 13.1. The van der Waals surface area contributed by atoms with Gasteiger partial charge >= 0.3 is 0 Å². The smallest absolute Gasteiger partial charge is 0.226 e. The molecule has 0 saturated heterocycles. The zero-order valence-electron chi connectivity index (χ0n) is 11.1. The average molecular weight is 247 g/mol. The van der Waals surface area contributed by atoms with E-state index in [0.29, 0.717) is 17.4 Å². The van der Waals surface area contributed by atoms with E-state index < -0.39 is 0 Å². The van der Waals surface area contributed by atoms with Crippen molar-refractivity contribution < 1.29 is 13.9 Å². The summed E-state index contributed by atoms with van der Waals surface area (Å²) in [7, 11) is 3.22. The third kappa shape index (κ3) is 2.18. The Balaban J connectivity index is 2.44. The molecule has 2 rings (SSSR count). The number of ether oxygens (including phenoxy) is 2. The second-order valence-corrected chi connectivity index (χ2v) is 3.95. The summed E-state index contributed by atoms with van der Waals surface area (Å²) >= 11 is 0. The minimum Gasteiger partial charge on any atom is -0.493 e. The summed E-state index contributed by atoms with van der Waals surface area (Å²) in [5.74, 6) is 2.84. The highest BCUT2D eigenvalue weighted by atomic mass is 16.5. The lowest BCUT2D eigenvalue weighted by atomic mass is 10.2. The topological polar surface area (TPSA) is 44.5 Å². The van der Waals surface area contributed by atoms with Gasteiger partial charge in [0.15, 0.2) is 11.5 Å². The quantitative estimate of drug-likeness (QED) is 0.832. The van der Waals surface area contributed by atoms with Crippen molar-refractivity contribution in [2.45, 2.75) is 20.3 Å². The molecule has 1 heterocycles. The maximum absolute atomic E-state index is 5.66. The first-order valence-electron chi connectivity index (χ1n) is 5.88. The van der Waals surface area contributed by atoms with Crippen LogP contribution in [0.4, 0.5) is 0 Å². The lowest BCUT2D eigenvalue weighted by Gasteiger charge is -2.07. The van der Waals surface area contributed by atoms with Gasteiger partial charge in [-0.2, -0.15) is 0 Å². The fourth-order valence-electron chi connectivity index (χ4n) is 1.85. The summed E-state index contributed by atoms with van der Waals surface area (Å²) < 4.78 is 16.1. The lowest BCUT2D eigenvalue weighted by Crippen LogP contribution is -1.91. The molecule has 0 radical (unpaired) electrons. The van der Waals surface area contributed by atoms with Crippen LogP contribution < -0.4 is 9.47 Å². The molecule has 0 aliphatic carbocycles. The molecule has 4 heteroatoms. The van der Waals surface area contributed by atoms with Crippen molar-refractivity contribution in [2.24, 2.45) is 0 Å². The molecule has 18 heavy (non-hydrogen) atoms. The van der Waals surface area contributed by atoms with E-state index in [4.69, 9.17) is 13.9 Å². The van der Waals surface area contributed by atoms with Gasteiger partial charge in [0, 0.05) is 5.56 Å². The van der Waals surface area contributed by atoms with Gasteiger partial charge in [0.05, 0.1) is 19.9 Å². The number of aromatic nitrogens is 1. The Hall–Kier alpha value is -1.97. The number of methoxy groups -OCH3 is 2. The van der Waals surface area contributed by atoms with E-state index in [1.807, 2.05) is 25.1 Å². The van der Waals surface area contributed by atoms with Gasteiger partial charge in [0.25, 0.3) is 0 Å². The monoisotopic (exact) mass is 247 g/mol. The Labute approximate surface area is 107 Å². The molecule has 0 atom stereocenters. The van der Waals surface area contributed by atoms with Crippen LogP contribution in [-0.4, -0.2) is 19.2 Å². The van der Waals surface area contributed by atoms with Gasteiger partial charge in [0.2, 0.25) is 5.89 Å². The molecule has 0 bridgehead atoms. The number of rotatable bonds is 4. The highest BCUT2D eigenvalue weighted by Crippen LogP contribution is 2.32. The minimum absolute atomic E-state index is 0.616. The van der Waals surface area contributed by atoms with Crippen LogP contribution in [0.3, 0.4) is 0 Å². The van der Waals surface area contributed by atoms with Crippen LogP contribution in [0.15, 0.2) is 22.6 Å². The van der Waals surface area contributed by atoms with Crippen LogP contribution in [0.1, 0.15) is 18.4 Å². The number of oxazole rings is 1. The summed E-state index contributed by atoms with van der Waals surface area (Å²) in [5, 5.41) is 0. The molecule has 1 aromatic carbocycles. The molecule has 0 spiro atoms. The Morgan fingerprint density at radius 2 is 1.89 bits per heavy atom. The summed E-state index contributed by atoms with van der Waals surface area (Å²) in [6.07, 6.45) is 0.864. The van der Waals surface area contributed by atoms with Gasteiger partial charge in [-0.3, -0.25) is 0 Å². The van der Waals surface area contributed by atoms with Crippen LogP contribution in [0.25, 0.3) is 11.5 Å². The van der Waals surface area contributed by atoms with Gasteiger partial charge in [-0.25, -0.2) is 4.98 Å². The van der Waals surface area contributed by atoms with Crippen molar-refractivity contribution in [3.05, 3.63) is 29.7 Å². The molecule has 4 nitrogen and oxygen atoms in total. The molecule has 0 saturated carbocycles. The van der Waals surface area contributed by atoms with E-state index in [1.165, 1.54) is 0 Å². The van der Waals surface area contributed by atoms with Gasteiger partial charge in [-0.1, -0.05) is 6.92 Å². The fraction of sp³-hybridized carbons (Fsp3) is 0.357. The second kappa shape index (κ2) is 5.12. The third-order valence-corrected chi connectivity index (χ3v) is 2.86. The largest absolute Gasteiger partial charge is 0.493 e. The number of aryl methyl sites for hydroxylation is 2. The number of benzene rings is 1. The fourth-order valence-corrected chi connectivity index (χ4v) is 1.85. The third-order valence-electron chi connectivity index (χ3n) is 2.86. The van der Waals surface area contributed by atoms with Crippen LogP contribution in [0.5, 0.6) is 11.5 Å². The van der Waals surface area contributed by atoms with Crippen molar-refractivity contribution in [3.8, 4) is 23.0 Å². The normalized spacial score (nSPS) is 10.4. The summed E-state index contributed by atoms with van der Waals surface area (Å²) in [5.41, 5.74) is 1.87. The molecule has 0 aliphatic heterocycles. The molecular weight excluding hydrogens is 230 g/mol. The van der Waals surface area contributed by atoms with Crippen molar-refractivity contribution in [3.63, 3.8) is 0 Å². The van der Waals surface area contributed by atoms with Gasteiger partial charge in [0.1, 0.15) is 5.76 Å². The number of hydrogen-bond donors (Lipinski definition) is 0. The van der Waals surface area contributed by atoms with Crippen molar-refractivity contribution >= 4 is 0 Å². The van der Waals surface area contributed by atoms with Crippen LogP contribution in [0.2, 0.25) is 0 Å². The predicted octanol–water partition coefficient (Wildman–Crippen LogP) is 3.23. The standard InChI is InChI=1S/C14H17NO3/c1-5-11-9(2)18-14(15-11)10-6-7-12(16-3)13(8-10)17-4/h6-8H,5H2,1-4H3. The summed E-state index contributed by atoms with van der Waals surface area (Å²) in [6.45, 7) is 3.99. The zero-order valence-corrected chi connectivity index (χ0v) is 11.1. The second-order valence-electron chi connectivity index (χ2n) is 3.95. The highest BCUT2D eigenvalue weighted by Gasteiger charge is 2.12. The predicted molar refractivity (Wildman–Crippen MR) is 69.2 cm³/mol. The van der Waals surface area contributed by atoms with E-state index in [1.54, 1.807) is 14.2 Å². The van der Waals surface area contributed by atoms with Crippen LogP contribution in [0, 0.1) is 6.92 Å². The SMILES string of the molecule is CCc1nc(-c2ccc(OC)c(OC)c2)oc1C. The molecule has 0 N–H and O–H groups in total. The Morgan fingerprint density at radius 3 is 2.44 bits per heavy atom. The first kappa shape index (κ1) is 12.5. The van der Waals surface area contributed by atoms with Crippen molar-refractivity contribution in [1.29, 1.82) is 0 Å². The average Bonchev–Trinajstić information content (AvgIpc) is 2.79. The van der Waals surface area contributed by atoms with E-state index in [2.05, 4.69) is 11.9 Å². The molecule has 0 amide bonds. The maximum Gasteiger partial charge on any atom is 0.226 e. The van der Waals surface area contributed by atoms with Crippen molar-refractivity contribution in [2.75, 3.05) is 14.2 Å². The van der Waals surface area contributed by atoms with Crippen LogP contribution >= 0.6 is 0 Å². The van der Waals surface area contributed by atoms with E-state index in [9.17, 15) is 0 Å². The number of hydrogen-bond acceptors (Lipinski definition) is 4. The Kier molecular flexibility index (Phi) is 3.55. The van der Waals surface area contributed by atoms with E-state index in [0.717, 1.165) is 23.4 Å². The Morgan fingerprint density at radius 1 is 1.17 bits per heavy atom. The molecular formula is C14H17NO3. The molecule has 0 unspecified atom stereocenters. The maximum atomic E-state index is 5.66. The molecule has 0 aliphatic rings. The molecule has 96 valence electrons. The lowest BCUT2D eigenvalue weighted by molar-refractivity contribution is 0.355. The molecule has 1 aromatic heterocycles. The van der Waals surface area contributed by atoms with Crippen molar-refractivity contribution in [1.82, 2.24) is 4.98 Å². The van der Waals surface area contributed by atoms with Gasteiger partial charge < -0.3 is 13.9 Å². The van der Waals surface area contributed by atoms with E-state index >= 15 is 0 Å². The first-order valence-corrected chi connectivity index (χ1v) is 5.88.